The van der Waals surface area contributed by atoms with E-state index in [1.807, 2.05) is 42.5 Å². The maximum atomic E-state index is 12.8. The Morgan fingerprint density at radius 1 is 1.08 bits per heavy atom. The third-order valence-corrected chi connectivity index (χ3v) is 4.22. The van der Waals surface area contributed by atoms with Gasteiger partial charge in [-0.3, -0.25) is 4.79 Å². The second kappa shape index (κ2) is 6.74. The van der Waals surface area contributed by atoms with Gasteiger partial charge in [0.15, 0.2) is 6.10 Å². The molecule has 5 heteroatoms. The van der Waals surface area contributed by atoms with E-state index in [4.69, 9.17) is 4.74 Å². The predicted molar refractivity (Wildman–Crippen MR) is 88.7 cm³/mol. The van der Waals surface area contributed by atoms with Gasteiger partial charge in [0.1, 0.15) is 11.8 Å². The summed E-state index contributed by atoms with van der Waals surface area (Å²) >= 11 is 0. The molecular formula is C19H19NO4. The second-order valence-electron chi connectivity index (χ2n) is 5.87. The zero-order valence-electron chi connectivity index (χ0n) is 13.4. The number of carbonyl (C=O) groups is 2. The number of nitrogens with zero attached hydrogens (tertiary/aromatic N) is 1. The van der Waals surface area contributed by atoms with Gasteiger partial charge in [-0.05, 0) is 30.2 Å². The molecule has 0 aromatic heterocycles. The first-order chi connectivity index (χ1) is 11.6. The summed E-state index contributed by atoms with van der Waals surface area (Å²) in [6, 6.07) is 15.8. The highest BCUT2D eigenvalue weighted by Gasteiger charge is 2.36. The number of hydrogen-bond acceptors (Lipinski definition) is 3. The van der Waals surface area contributed by atoms with Crippen LogP contribution in [0, 0.1) is 0 Å². The van der Waals surface area contributed by atoms with Crippen molar-refractivity contribution in [2.45, 2.75) is 32.0 Å². The largest absolute Gasteiger partial charge is 0.481 e. The molecule has 0 bridgehead atoms. The molecule has 0 radical (unpaired) electrons. The minimum atomic E-state index is -0.996. The minimum absolute atomic E-state index is 0.286. The molecule has 0 fully saturated rings. The van der Waals surface area contributed by atoms with E-state index in [0.29, 0.717) is 12.2 Å². The number of benzene rings is 2. The molecule has 1 N–H and O–H groups in total. The number of carboxylic acid groups (broad SMARTS) is 1. The first-order valence-electron chi connectivity index (χ1n) is 7.88. The molecule has 0 aliphatic carbocycles. The Balaban J connectivity index is 1.80. The minimum Gasteiger partial charge on any atom is -0.481 e. The third kappa shape index (κ3) is 3.25. The normalized spacial score (nSPS) is 17.7. The molecule has 1 aliphatic heterocycles. The lowest BCUT2D eigenvalue weighted by molar-refractivity contribution is -0.154. The zero-order chi connectivity index (χ0) is 17.1. The molecule has 2 aromatic carbocycles. The van der Waals surface area contributed by atoms with Crippen LogP contribution in [-0.4, -0.2) is 34.0 Å². The lowest BCUT2D eigenvalue weighted by atomic mass is 9.93. The Morgan fingerprint density at radius 2 is 1.71 bits per heavy atom. The summed E-state index contributed by atoms with van der Waals surface area (Å²) in [7, 11) is 0. The molecule has 0 spiro atoms. The van der Waals surface area contributed by atoms with Crippen LogP contribution in [0.1, 0.15) is 18.1 Å². The van der Waals surface area contributed by atoms with Crippen molar-refractivity contribution in [2.24, 2.45) is 0 Å². The number of fused-ring (bicyclic) bond motifs is 1. The van der Waals surface area contributed by atoms with E-state index in [2.05, 4.69) is 0 Å². The maximum absolute atomic E-state index is 12.8. The van der Waals surface area contributed by atoms with Crippen LogP contribution in [0.5, 0.6) is 5.75 Å². The smallest absolute Gasteiger partial charge is 0.326 e. The Morgan fingerprint density at radius 3 is 2.38 bits per heavy atom. The summed E-state index contributed by atoms with van der Waals surface area (Å²) < 4.78 is 5.66. The molecule has 2 aromatic rings. The number of aliphatic carboxylic acids is 1. The molecule has 2 unspecified atom stereocenters. The summed E-state index contributed by atoms with van der Waals surface area (Å²) in [4.78, 5) is 25.8. The fourth-order valence-electron chi connectivity index (χ4n) is 2.96. The Kier molecular flexibility index (Phi) is 4.51. The molecule has 1 aliphatic rings. The van der Waals surface area contributed by atoms with E-state index in [1.165, 1.54) is 4.90 Å². The summed E-state index contributed by atoms with van der Waals surface area (Å²) in [6.45, 7) is 1.93. The molecule has 3 rings (SSSR count). The van der Waals surface area contributed by atoms with Gasteiger partial charge >= 0.3 is 5.97 Å². The monoisotopic (exact) mass is 325 g/mol. The van der Waals surface area contributed by atoms with Gasteiger partial charge < -0.3 is 14.7 Å². The van der Waals surface area contributed by atoms with Gasteiger partial charge in [0.2, 0.25) is 0 Å². The SMILES string of the molecule is CC(Oc1ccccc1)C(=O)N1Cc2ccccc2CC1C(=O)O. The molecule has 1 amide bonds. The van der Waals surface area contributed by atoms with Crippen molar-refractivity contribution in [1.82, 2.24) is 4.90 Å². The Bertz CT molecular complexity index is 744. The highest BCUT2D eigenvalue weighted by Crippen LogP contribution is 2.25. The fraction of sp³-hybridized carbons (Fsp3) is 0.263. The fourth-order valence-corrected chi connectivity index (χ4v) is 2.96. The predicted octanol–water partition coefficient (Wildman–Crippen LogP) is 2.49. The number of ether oxygens (including phenoxy) is 1. The van der Waals surface area contributed by atoms with Gasteiger partial charge in [-0.15, -0.1) is 0 Å². The van der Waals surface area contributed by atoms with Crippen molar-refractivity contribution >= 4 is 11.9 Å². The molecule has 0 saturated heterocycles. The molecule has 5 nitrogen and oxygen atoms in total. The number of amides is 1. The van der Waals surface area contributed by atoms with Crippen LogP contribution < -0.4 is 4.74 Å². The lowest BCUT2D eigenvalue weighted by Crippen LogP contribution is -2.52. The number of rotatable bonds is 4. The molecule has 2 atom stereocenters. The van der Waals surface area contributed by atoms with Gasteiger partial charge in [-0.1, -0.05) is 42.5 Å². The van der Waals surface area contributed by atoms with Crippen molar-refractivity contribution < 1.29 is 19.4 Å². The first-order valence-corrected chi connectivity index (χ1v) is 7.88. The summed E-state index contributed by atoms with van der Waals surface area (Å²) in [5.41, 5.74) is 1.96. The topological polar surface area (TPSA) is 66.8 Å². The summed E-state index contributed by atoms with van der Waals surface area (Å²) in [5.74, 6) is -0.729. The average molecular weight is 325 g/mol. The van der Waals surface area contributed by atoms with Crippen LogP contribution in [0.15, 0.2) is 54.6 Å². The molecular weight excluding hydrogens is 306 g/mol. The summed E-state index contributed by atoms with van der Waals surface area (Å²) in [5, 5.41) is 9.52. The molecule has 24 heavy (non-hydrogen) atoms. The van der Waals surface area contributed by atoms with Crippen LogP contribution in [-0.2, 0) is 22.6 Å². The van der Waals surface area contributed by atoms with Crippen molar-refractivity contribution in [2.75, 3.05) is 0 Å². The zero-order valence-corrected chi connectivity index (χ0v) is 13.4. The Labute approximate surface area is 140 Å². The number of carbonyl (C=O) groups excluding carboxylic acids is 1. The lowest BCUT2D eigenvalue weighted by Gasteiger charge is -2.35. The van der Waals surface area contributed by atoms with E-state index >= 15 is 0 Å². The van der Waals surface area contributed by atoms with Gasteiger partial charge in [-0.2, -0.15) is 0 Å². The van der Waals surface area contributed by atoms with Crippen molar-refractivity contribution in [3.63, 3.8) is 0 Å². The number of hydrogen-bond donors (Lipinski definition) is 1. The van der Waals surface area contributed by atoms with Gasteiger partial charge in [-0.25, -0.2) is 4.79 Å². The van der Waals surface area contributed by atoms with E-state index in [0.717, 1.165) is 11.1 Å². The van der Waals surface area contributed by atoms with Crippen molar-refractivity contribution in [1.29, 1.82) is 0 Å². The van der Waals surface area contributed by atoms with E-state index in [-0.39, 0.29) is 12.5 Å². The van der Waals surface area contributed by atoms with Crippen LogP contribution in [0.2, 0.25) is 0 Å². The van der Waals surface area contributed by atoms with E-state index in [9.17, 15) is 14.7 Å². The molecule has 1 heterocycles. The maximum Gasteiger partial charge on any atom is 0.326 e. The van der Waals surface area contributed by atoms with Crippen LogP contribution in [0.25, 0.3) is 0 Å². The summed E-state index contributed by atoms with van der Waals surface area (Å²) in [6.07, 6.45) is -0.436. The number of para-hydroxylation sites is 1. The van der Waals surface area contributed by atoms with Gasteiger partial charge in [0.05, 0.1) is 0 Å². The van der Waals surface area contributed by atoms with Crippen LogP contribution >= 0.6 is 0 Å². The van der Waals surface area contributed by atoms with E-state index in [1.54, 1.807) is 19.1 Å². The third-order valence-electron chi connectivity index (χ3n) is 4.22. The van der Waals surface area contributed by atoms with Crippen LogP contribution in [0.4, 0.5) is 0 Å². The van der Waals surface area contributed by atoms with Crippen LogP contribution in [0.3, 0.4) is 0 Å². The highest BCUT2D eigenvalue weighted by molar-refractivity contribution is 5.87. The average Bonchev–Trinajstić information content (AvgIpc) is 2.60. The van der Waals surface area contributed by atoms with Gasteiger partial charge in [0.25, 0.3) is 5.91 Å². The second-order valence-corrected chi connectivity index (χ2v) is 5.87. The quantitative estimate of drug-likeness (QED) is 0.938. The molecule has 124 valence electrons. The van der Waals surface area contributed by atoms with E-state index < -0.39 is 18.1 Å². The highest BCUT2D eigenvalue weighted by atomic mass is 16.5. The van der Waals surface area contributed by atoms with Crippen molar-refractivity contribution in [3.05, 3.63) is 65.7 Å². The number of carboxylic acids is 1. The Hall–Kier alpha value is -2.82. The van der Waals surface area contributed by atoms with Crippen molar-refractivity contribution in [3.8, 4) is 5.75 Å². The van der Waals surface area contributed by atoms with Gasteiger partial charge in [0, 0.05) is 13.0 Å². The standard InChI is InChI=1S/C19H19NO4/c1-13(24-16-9-3-2-4-10-16)18(21)20-12-15-8-6-5-7-14(15)11-17(20)19(22)23/h2-10,13,17H,11-12H2,1H3,(H,22,23). The molecule has 0 saturated carbocycles. The first kappa shape index (κ1) is 16.1.